The highest BCUT2D eigenvalue weighted by Gasteiger charge is 2.23. The van der Waals surface area contributed by atoms with E-state index in [0.717, 1.165) is 24.3 Å². The number of fused-ring (bicyclic) bond motifs is 1. The van der Waals surface area contributed by atoms with Gasteiger partial charge in [-0.15, -0.1) is 0 Å². The Kier molecular flexibility index (Phi) is 4.34. The topological polar surface area (TPSA) is 66.7 Å². The molecular weight excluding hydrogens is 352 g/mol. The van der Waals surface area contributed by atoms with E-state index < -0.39 is 0 Å². The molecule has 1 amide bonds. The van der Waals surface area contributed by atoms with Crippen LogP contribution in [0.5, 0.6) is 0 Å². The van der Waals surface area contributed by atoms with Crippen LogP contribution < -0.4 is 15.8 Å². The van der Waals surface area contributed by atoms with Gasteiger partial charge in [0.15, 0.2) is 0 Å². The van der Waals surface area contributed by atoms with Crippen LogP contribution in [-0.4, -0.2) is 21.8 Å². The summed E-state index contributed by atoms with van der Waals surface area (Å²) < 4.78 is 1.42. The number of carbonyl (C=O) groups excluding carboxylic acids is 1. The number of carbonyl (C=O) groups is 1. The fourth-order valence-electron chi connectivity index (χ4n) is 3.16. The molecule has 4 rings (SSSR count). The van der Waals surface area contributed by atoms with Crippen molar-refractivity contribution in [1.29, 1.82) is 0 Å². The molecule has 1 aliphatic rings. The number of hydrogen-bond donors (Lipinski definition) is 1. The van der Waals surface area contributed by atoms with Crippen molar-refractivity contribution in [1.82, 2.24) is 9.38 Å². The maximum Gasteiger partial charge on any atom is 0.258 e. The molecule has 1 saturated heterocycles. The lowest BCUT2D eigenvalue weighted by molar-refractivity contribution is -0.117. The summed E-state index contributed by atoms with van der Waals surface area (Å²) >= 11 is 5.93. The van der Waals surface area contributed by atoms with Crippen molar-refractivity contribution in [2.75, 3.05) is 16.8 Å². The van der Waals surface area contributed by atoms with Crippen molar-refractivity contribution < 1.29 is 4.79 Å². The average molecular weight is 369 g/mol. The van der Waals surface area contributed by atoms with Crippen molar-refractivity contribution in [2.24, 2.45) is 0 Å². The van der Waals surface area contributed by atoms with E-state index in [9.17, 15) is 9.59 Å². The van der Waals surface area contributed by atoms with Crippen LogP contribution >= 0.6 is 11.6 Å². The number of nitrogens with one attached hydrogen (secondary N) is 1. The first-order valence-corrected chi connectivity index (χ1v) is 8.81. The number of hydrogen-bond acceptors (Lipinski definition) is 4. The third-order valence-electron chi connectivity index (χ3n) is 4.40. The number of benzene rings is 1. The van der Waals surface area contributed by atoms with Crippen molar-refractivity contribution in [3.8, 4) is 0 Å². The number of anilines is 2. The molecule has 0 spiro atoms. The van der Waals surface area contributed by atoms with Gasteiger partial charge in [-0.3, -0.25) is 14.0 Å². The second-order valence-electron chi connectivity index (χ2n) is 6.18. The van der Waals surface area contributed by atoms with Crippen LogP contribution in [0.25, 0.3) is 5.65 Å². The van der Waals surface area contributed by atoms with E-state index >= 15 is 0 Å². The largest absolute Gasteiger partial charge is 0.378 e. The molecule has 1 fully saturated rings. The maximum atomic E-state index is 12.3. The summed E-state index contributed by atoms with van der Waals surface area (Å²) in [5.74, 6) is 0.137. The number of para-hydroxylation sites is 2. The van der Waals surface area contributed by atoms with Gasteiger partial charge in [-0.05, 0) is 30.7 Å². The molecule has 7 heteroatoms. The Bertz CT molecular complexity index is 1050. The molecule has 0 saturated carbocycles. The fraction of sp³-hybridized carbons (Fsp3) is 0.211. The van der Waals surface area contributed by atoms with Gasteiger partial charge in [-0.2, -0.15) is 0 Å². The molecule has 0 atom stereocenters. The molecule has 0 unspecified atom stereocenters. The van der Waals surface area contributed by atoms with Crippen LogP contribution in [0.1, 0.15) is 18.5 Å². The molecule has 26 heavy (non-hydrogen) atoms. The van der Waals surface area contributed by atoms with Gasteiger partial charge in [0.05, 0.1) is 28.6 Å². The first-order chi connectivity index (χ1) is 12.6. The zero-order chi connectivity index (χ0) is 18.1. The molecule has 6 nitrogen and oxygen atoms in total. The summed E-state index contributed by atoms with van der Waals surface area (Å²) in [6, 6.07) is 12.6. The van der Waals surface area contributed by atoms with E-state index in [-0.39, 0.29) is 11.5 Å². The summed E-state index contributed by atoms with van der Waals surface area (Å²) in [7, 11) is 0. The van der Waals surface area contributed by atoms with Gasteiger partial charge in [-0.25, -0.2) is 4.98 Å². The van der Waals surface area contributed by atoms with Crippen molar-refractivity contribution in [3.05, 3.63) is 69.7 Å². The third kappa shape index (κ3) is 3.15. The zero-order valence-corrected chi connectivity index (χ0v) is 14.7. The van der Waals surface area contributed by atoms with Crippen molar-refractivity contribution >= 4 is 34.5 Å². The minimum Gasteiger partial charge on any atom is -0.378 e. The molecule has 0 bridgehead atoms. The van der Waals surface area contributed by atoms with Gasteiger partial charge >= 0.3 is 0 Å². The fourth-order valence-corrected chi connectivity index (χ4v) is 3.32. The second-order valence-corrected chi connectivity index (χ2v) is 6.62. The van der Waals surface area contributed by atoms with E-state index in [2.05, 4.69) is 10.3 Å². The minimum atomic E-state index is -0.183. The highest BCUT2D eigenvalue weighted by Crippen LogP contribution is 2.29. The number of rotatable bonds is 4. The Hall–Kier alpha value is -2.86. The minimum absolute atomic E-state index is 0.137. The number of halogens is 1. The molecule has 1 N–H and O–H groups in total. The number of aromatic nitrogens is 2. The molecular formula is C19H17ClN4O2. The van der Waals surface area contributed by atoms with E-state index in [1.54, 1.807) is 23.2 Å². The monoisotopic (exact) mass is 368 g/mol. The van der Waals surface area contributed by atoms with Gasteiger partial charge in [0, 0.05) is 25.2 Å². The highest BCUT2D eigenvalue weighted by atomic mass is 35.5. The van der Waals surface area contributed by atoms with Gasteiger partial charge in [0.25, 0.3) is 5.56 Å². The Labute approximate surface area is 155 Å². The van der Waals surface area contributed by atoms with Crippen molar-refractivity contribution in [2.45, 2.75) is 19.4 Å². The molecule has 3 aromatic rings. The molecule has 1 aliphatic heterocycles. The van der Waals surface area contributed by atoms with Crippen LogP contribution in [0.3, 0.4) is 0 Å². The standard InChI is InChI=1S/C19H17ClN4O2/c20-13-7-8-17-22-14(10-19(26)24(17)12-13)11-21-15-4-1-2-5-16(15)23-9-3-6-18(23)25/h1-2,4-5,7-8,10,12,21H,3,6,9,11H2. The highest BCUT2D eigenvalue weighted by molar-refractivity contribution is 6.30. The Morgan fingerprint density at radius 2 is 2.00 bits per heavy atom. The molecule has 3 heterocycles. The van der Waals surface area contributed by atoms with Crippen LogP contribution in [0.4, 0.5) is 11.4 Å². The van der Waals surface area contributed by atoms with Crippen LogP contribution in [0, 0.1) is 0 Å². The summed E-state index contributed by atoms with van der Waals surface area (Å²) in [4.78, 5) is 30.6. The van der Waals surface area contributed by atoms with E-state index in [0.29, 0.717) is 29.3 Å². The summed E-state index contributed by atoms with van der Waals surface area (Å²) in [5, 5.41) is 3.78. The lowest BCUT2D eigenvalue weighted by Crippen LogP contribution is -2.25. The first kappa shape index (κ1) is 16.6. The second kappa shape index (κ2) is 6.80. The number of nitrogens with zero attached hydrogens (tertiary/aromatic N) is 3. The number of pyridine rings is 1. The van der Waals surface area contributed by atoms with Gasteiger partial charge < -0.3 is 10.2 Å². The molecule has 0 radical (unpaired) electrons. The van der Waals surface area contributed by atoms with Crippen LogP contribution in [-0.2, 0) is 11.3 Å². The predicted octanol–water partition coefficient (Wildman–Crippen LogP) is 3.09. The summed E-state index contributed by atoms with van der Waals surface area (Å²) in [6.07, 6.45) is 3.01. The molecule has 0 aliphatic carbocycles. The lowest BCUT2D eigenvalue weighted by Gasteiger charge is -2.20. The molecule has 2 aromatic heterocycles. The summed E-state index contributed by atoms with van der Waals surface area (Å²) in [6.45, 7) is 1.11. The molecule has 132 valence electrons. The lowest BCUT2D eigenvalue weighted by atomic mass is 10.2. The van der Waals surface area contributed by atoms with Crippen LogP contribution in [0.15, 0.2) is 53.5 Å². The third-order valence-corrected chi connectivity index (χ3v) is 4.63. The van der Waals surface area contributed by atoms with E-state index in [1.807, 2.05) is 24.3 Å². The Morgan fingerprint density at radius 1 is 1.15 bits per heavy atom. The quantitative estimate of drug-likeness (QED) is 0.768. The zero-order valence-electron chi connectivity index (χ0n) is 14.0. The van der Waals surface area contributed by atoms with E-state index in [4.69, 9.17) is 11.6 Å². The van der Waals surface area contributed by atoms with Gasteiger partial charge in [0.2, 0.25) is 5.91 Å². The molecule has 1 aromatic carbocycles. The SMILES string of the molecule is O=C1CCCN1c1ccccc1NCc1cc(=O)n2cc(Cl)ccc2n1. The van der Waals surface area contributed by atoms with Gasteiger partial charge in [-0.1, -0.05) is 23.7 Å². The maximum absolute atomic E-state index is 12.3. The van der Waals surface area contributed by atoms with Gasteiger partial charge in [0.1, 0.15) is 5.65 Å². The average Bonchev–Trinajstić information content (AvgIpc) is 3.07. The van der Waals surface area contributed by atoms with Crippen molar-refractivity contribution in [3.63, 3.8) is 0 Å². The normalized spacial score (nSPS) is 14.2. The Balaban J connectivity index is 1.60. The smallest absolute Gasteiger partial charge is 0.258 e. The first-order valence-electron chi connectivity index (χ1n) is 8.43. The van der Waals surface area contributed by atoms with Crippen LogP contribution in [0.2, 0.25) is 5.02 Å². The van der Waals surface area contributed by atoms with E-state index in [1.165, 1.54) is 10.5 Å². The predicted molar refractivity (Wildman–Crippen MR) is 102 cm³/mol. The summed E-state index contributed by atoms with van der Waals surface area (Å²) in [5.41, 5.74) is 2.69. The number of amides is 1. The Morgan fingerprint density at radius 3 is 2.81 bits per heavy atom.